The van der Waals surface area contributed by atoms with Gasteiger partial charge in [0.1, 0.15) is 5.75 Å². The van der Waals surface area contributed by atoms with Gasteiger partial charge >= 0.3 is 0 Å². The molecule has 11 nitrogen and oxygen atoms in total. The highest BCUT2D eigenvalue weighted by Crippen LogP contribution is 2.52. The highest BCUT2D eigenvalue weighted by molar-refractivity contribution is 6.32. The molecule has 3 fully saturated rings. The van der Waals surface area contributed by atoms with E-state index in [4.69, 9.17) is 5.73 Å². The molecule has 1 aromatic rings. The number of phenolic OH excluding ortho intramolecular Hbond substituents is 1. The van der Waals surface area contributed by atoms with E-state index in [2.05, 4.69) is 11.8 Å². The Bertz CT molecular complexity index is 1350. The molecular formula is C30H40N4O7. The summed E-state index contributed by atoms with van der Waals surface area (Å²) >= 11 is 0. The van der Waals surface area contributed by atoms with Crippen molar-refractivity contribution < 1.29 is 34.2 Å². The number of primary amides is 1. The fourth-order valence-electron chi connectivity index (χ4n) is 7.76. The van der Waals surface area contributed by atoms with Gasteiger partial charge in [0.2, 0.25) is 5.91 Å². The van der Waals surface area contributed by atoms with Gasteiger partial charge in [0.15, 0.2) is 34.7 Å². The third-order valence-electron chi connectivity index (χ3n) is 9.98. The SMILES string of the molecule is C[C@H](C1CC1)N(C)Cc1cc(O)c2c(c1N(C)C)C[C@H]1C[C@H]3[C@H](N(C)C)C(=O)C(C(N)=O)C(=O)[C@@]3(O)C(=O)C1C2=O. The number of hydrogen-bond acceptors (Lipinski definition) is 10. The Balaban J connectivity index is 1.60. The zero-order valence-electron chi connectivity index (χ0n) is 24.5. The van der Waals surface area contributed by atoms with Crippen LogP contribution in [0.3, 0.4) is 0 Å². The van der Waals surface area contributed by atoms with Crippen LogP contribution in [0, 0.1) is 29.6 Å². The number of aromatic hydroxyl groups is 1. The smallest absolute Gasteiger partial charge is 0.235 e. The molecule has 5 rings (SSSR count). The lowest BCUT2D eigenvalue weighted by molar-refractivity contribution is -0.181. The van der Waals surface area contributed by atoms with E-state index in [-0.39, 0.29) is 24.2 Å². The Morgan fingerprint density at radius 3 is 2.27 bits per heavy atom. The van der Waals surface area contributed by atoms with Gasteiger partial charge in [-0.3, -0.25) is 33.8 Å². The molecule has 0 bridgehead atoms. The third-order valence-corrected chi connectivity index (χ3v) is 9.98. The third kappa shape index (κ3) is 4.31. The second kappa shape index (κ2) is 9.99. The molecule has 4 N–H and O–H groups in total. The molecule has 0 heterocycles. The van der Waals surface area contributed by atoms with E-state index in [9.17, 15) is 34.2 Å². The number of hydrogen-bond donors (Lipinski definition) is 3. The van der Waals surface area contributed by atoms with Crippen molar-refractivity contribution in [2.24, 2.45) is 35.3 Å². The maximum Gasteiger partial charge on any atom is 0.235 e. The number of benzene rings is 1. The molecular weight excluding hydrogens is 528 g/mol. The van der Waals surface area contributed by atoms with Crippen LogP contribution in [-0.2, 0) is 32.1 Å². The number of nitrogens with zero attached hydrogens (tertiary/aromatic N) is 3. The van der Waals surface area contributed by atoms with E-state index >= 15 is 0 Å². The second-order valence-corrected chi connectivity index (χ2v) is 12.9. The summed E-state index contributed by atoms with van der Waals surface area (Å²) in [7, 11) is 8.92. The standard InChI is InChI=1S/C30H40N4O7/c1-13(14-7-8-14)34(6)12-16-11-19(35)21-17(23(16)32(2)3)9-15-10-18-24(33(4)5)26(37)22(29(31)40)28(39)30(18,41)27(38)20(15)25(21)36/h11,13-15,18,20,22,24,35,41H,7-10,12H2,1-6H3,(H2,31,40)/t13-,15+,18+,20?,22?,24+,30+/m1/s1. The zero-order valence-corrected chi connectivity index (χ0v) is 24.5. The van der Waals surface area contributed by atoms with Crippen molar-refractivity contribution in [3.05, 3.63) is 22.8 Å². The minimum Gasteiger partial charge on any atom is -0.507 e. The monoisotopic (exact) mass is 568 g/mol. The average Bonchev–Trinajstić information content (AvgIpc) is 3.70. The Hall–Kier alpha value is -3.15. The summed E-state index contributed by atoms with van der Waals surface area (Å²) in [6.45, 7) is 2.74. The number of ketones is 4. The number of rotatable bonds is 7. The Morgan fingerprint density at radius 2 is 1.73 bits per heavy atom. The van der Waals surface area contributed by atoms with Gasteiger partial charge < -0.3 is 20.8 Å². The van der Waals surface area contributed by atoms with Gasteiger partial charge in [-0.25, -0.2) is 0 Å². The van der Waals surface area contributed by atoms with Crippen molar-refractivity contribution in [1.82, 2.24) is 9.80 Å². The summed E-state index contributed by atoms with van der Waals surface area (Å²) in [6.07, 6.45) is 2.66. The largest absolute Gasteiger partial charge is 0.507 e. The fourth-order valence-corrected chi connectivity index (χ4v) is 7.76. The van der Waals surface area contributed by atoms with Crippen LogP contribution in [0.4, 0.5) is 5.69 Å². The van der Waals surface area contributed by atoms with E-state index < -0.39 is 64.4 Å². The van der Waals surface area contributed by atoms with Crippen molar-refractivity contribution >= 4 is 34.7 Å². The maximum absolute atomic E-state index is 14.0. The van der Waals surface area contributed by atoms with Crippen molar-refractivity contribution in [3.8, 4) is 5.75 Å². The number of amides is 1. The number of fused-ring (bicyclic) bond motifs is 3. The van der Waals surface area contributed by atoms with Gasteiger partial charge in [-0.1, -0.05) is 0 Å². The molecule has 0 saturated heterocycles. The molecule has 1 amide bonds. The molecule has 0 spiro atoms. The van der Waals surface area contributed by atoms with Gasteiger partial charge in [0.05, 0.1) is 17.5 Å². The summed E-state index contributed by atoms with van der Waals surface area (Å²) in [6, 6.07) is 0.807. The average molecular weight is 569 g/mol. The number of nitrogens with two attached hydrogens (primary N) is 1. The lowest BCUT2D eigenvalue weighted by atomic mass is 9.52. The van der Waals surface area contributed by atoms with E-state index in [0.29, 0.717) is 24.1 Å². The van der Waals surface area contributed by atoms with Gasteiger partial charge in [-0.2, -0.15) is 0 Å². The van der Waals surface area contributed by atoms with Crippen LogP contribution in [0.25, 0.3) is 0 Å². The van der Waals surface area contributed by atoms with Crippen LogP contribution in [0.1, 0.15) is 47.7 Å². The number of phenols is 1. The number of aliphatic hydroxyl groups is 1. The topological polar surface area (TPSA) is 162 Å². The minimum atomic E-state index is -2.72. The van der Waals surface area contributed by atoms with E-state index in [1.54, 1.807) is 20.2 Å². The number of carbonyl (C=O) groups excluding carboxylic acids is 5. The molecule has 0 aromatic heterocycles. The first kappa shape index (κ1) is 29.3. The highest BCUT2D eigenvalue weighted by atomic mass is 16.3. The first-order valence-corrected chi connectivity index (χ1v) is 14.2. The van der Waals surface area contributed by atoms with E-state index in [1.807, 2.05) is 26.0 Å². The van der Waals surface area contributed by atoms with Gasteiger partial charge in [-0.15, -0.1) is 0 Å². The zero-order chi connectivity index (χ0) is 30.3. The van der Waals surface area contributed by atoms with Crippen molar-refractivity contribution in [1.29, 1.82) is 0 Å². The number of carbonyl (C=O) groups is 5. The van der Waals surface area contributed by atoms with Gasteiger partial charge in [0, 0.05) is 38.3 Å². The van der Waals surface area contributed by atoms with Crippen LogP contribution in [0.2, 0.25) is 0 Å². The van der Waals surface area contributed by atoms with Crippen LogP contribution < -0.4 is 10.6 Å². The fraction of sp³-hybridized carbons (Fsp3) is 0.633. The molecule has 3 saturated carbocycles. The molecule has 11 heteroatoms. The van der Waals surface area contributed by atoms with E-state index in [1.165, 1.54) is 17.7 Å². The van der Waals surface area contributed by atoms with Crippen molar-refractivity contribution in [2.75, 3.05) is 40.1 Å². The highest BCUT2D eigenvalue weighted by Gasteiger charge is 2.69. The summed E-state index contributed by atoms with van der Waals surface area (Å²) in [5.41, 5.74) is 4.94. The predicted molar refractivity (Wildman–Crippen MR) is 149 cm³/mol. The number of Topliss-reactive ketones (excluding diaryl/α,β-unsaturated/α-hetero) is 4. The predicted octanol–water partition coefficient (Wildman–Crippen LogP) is 0.163. The molecule has 7 atom stereocenters. The lowest BCUT2D eigenvalue weighted by Crippen LogP contribution is -2.74. The Kier molecular flexibility index (Phi) is 7.15. The molecule has 4 aliphatic rings. The molecule has 4 aliphatic carbocycles. The Morgan fingerprint density at radius 1 is 1.10 bits per heavy atom. The molecule has 2 unspecified atom stereocenters. The van der Waals surface area contributed by atoms with Crippen LogP contribution >= 0.6 is 0 Å². The second-order valence-electron chi connectivity index (χ2n) is 12.9. The molecule has 0 radical (unpaired) electrons. The summed E-state index contributed by atoms with van der Waals surface area (Å²) in [5, 5.41) is 22.9. The first-order chi connectivity index (χ1) is 19.1. The summed E-state index contributed by atoms with van der Waals surface area (Å²) in [4.78, 5) is 72.5. The Labute approximate surface area is 239 Å². The van der Waals surface area contributed by atoms with Crippen molar-refractivity contribution in [3.63, 3.8) is 0 Å². The van der Waals surface area contributed by atoms with Crippen molar-refractivity contribution in [2.45, 2.75) is 56.8 Å². The number of anilines is 1. The molecule has 41 heavy (non-hydrogen) atoms. The van der Waals surface area contributed by atoms with Gasteiger partial charge in [-0.05, 0) is 82.8 Å². The summed E-state index contributed by atoms with van der Waals surface area (Å²) in [5.74, 6) is -9.70. The minimum absolute atomic E-state index is 0.0157. The normalized spacial score (nSPS) is 32.1. The first-order valence-electron chi connectivity index (χ1n) is 14.2. The lowest BCUT2D eigenvalue weighted by Gasteiger charge is -2.52. The molecule has 222 valence electrons. The molecule has 1 aromatic carbocycles. The quantitative estimate of drug-likeness (QED) is 0.387. The van der Waals surface area contributed by atoms with Crippen LogP contribution in [-0.4, -0.2) is 102 Å². The molecule has 0 aliphatic heterocycles. The van der Waals surface area contributed by atoms with E-state index in [0.717, 1.165) is 11.3 Å². The van der Waals surface area contributed by atoms with Crippen LogP contribution in [0.15, 0.2) is 6.07 Å². The number of likely N-dealkylation sites (N-methyl/N-ethyl adjacent to an activating group) is 1. The van der Waals surface area contributed by atoms with Crippen LogP contribution in [0.5, 0.6) is 5.75 Å². The summed E-state index contributed by atoms with van der Waals surface area (Å²) < 4.78 is 0. The maximum atomic E-state index is 14.0. The van der Waals surface area contributed by atoms with Gasteiger partial charge in [0.25, 0.3) is 0 Å².